The number of rotatable bonds is 9. The number of hydrogen-bond donors (Lipinski definition) is 2. The number of oxazole rings is 1. The van der Waals surface area contributed by atoms with E-state index >= 15 is 0 Å². The summed E-state index contributed by atoms with van der Waals surface area (Å²) in [5.74, 6) is 2.97. The quantitative estimate of drug-likeness (QED) is 0.412. The summed E-state index contributed by atoms with van der Waals surface area (Å²) in [5, 5.41) is 7.99. The highest BCUT2D eigenvalue weighted by Crippen LogP contribution is 2.41. The van der Waals surface area contributed by atoms with Crippen molar-refractivity contribution >= 4 is 48.3 Å². The maximum absolute atomic E-state index is 6.33. The van der Waals surface area contributed by atoms with Crippen LogP contribution in [0.4, 0.5) is 23.5 Å². The topological polar surface area (TPSA) is 85.1 Å². The van der Waals surface area contributed by atoms with Gasteiger partial charge < -0.3 is 14.5 Å². The van der Waals surface area contributed by atoms with Crippen molar-refractivity contribution in [1.29, 1.82) is 0 Å². The maximum atomic E-state index is 6.33. The van der Waals surface area contributed by atoms with Crippen LogP contribution in [0.3, 0.4) is 0 Å². The molecule has 0 spiro atoms. The number of halogens is 1. The van der Waals surface area contributed by atoms with Crippen molar-refractivity contribution in [3.05, 3.63) is 41.4 Å². The second-order valence-electron chi connectivity index (χ2n) is 7.04. The van der Waals surface area contributed by atoms with Crippen molar-refractivity contribution in [2.75, 3.05) is 30.1 Å². The van der Waals surface area contributed by atoms with E-state index in [4.69, 9.17) is 20.8 Å². The minimum absolute atomic E-state index is 0.170. The van der Waals surface area contributed by atoms with E-state index < -0.39 is 0 Å². The average molecular weight is 446 g/mol. The van der Waals surface area contributed by atoms with E-state index in [2.05, 4.69) is 51.6 Å². The summed E-state index contributed by atoms with van der Waals surface area (Å²) in [5.41, 5.74) is 0.794. The molecule has 2 N–H and O–H groups in total. The third-order valence-electron chi connectivity index (χ3n) is 5.03. The highest BCUT2D eigenvalue weighted by molar-refractivity contribution is 7.65. The average Bonchev–Trinajstić information content (AvgIpc) is 3.51. The van der Waals surface area contributed by atoms with Gasteiger partial charge in [-0.1, -0.05) is 39.4 Å². The Hall–Kier alpha value is -2.37. The largest absolute Gasteiger partial charge is 0.495 e. The Morgan fingerprint density at radius 3 is 2.67 bits per heavy atom. The zero-order chi connectivity index (χ0) is 21.1. The first-order chi connectivity index (χ1) is 14.6. The Bertz CT molecular complexity index is 1020. The van der Waals surface area contributed by atoms with Gasteiger partial charge in [0.1, 0.15) is 16.5 Å². The van der Waals surface area contributed by atoms with Crippen LogP contribution in [0.15, 0.2) is 35.0 Å². The molecule has 0 amide bonds. The van der Waals surface area contributed by atoms with Crippen molar-refractivity contribution in [3.8, 4) is 5.75 Å². The third-order valence-corrected chi connectivity index (χ3v) is 7.84. The van der Waals surface area contributed by atoms with Crippen LogP contribution >= 0.6 is 19.5 Å². The molecule has 1 aromatic carbocycles. The Balaban J connectivity index is 1.54. The maximum Gasteiger partial charge on any atom is 0.301 e. The van der Waals surface area contributed by atoms with E-state index in [1.807, 2.05) is 6.07 Å². The van der Waals surface area contributed by atoms with Gasteiger partial charge in [-0.15, -0.1) is 0 Å². The van der Waals surface area contributed by atoms with Crippen LogP contribution in [0.25, 0.3) is 0 Å². The molecule has 2 aromatic heterocycles. The lowest BCUT2D eigenvalue weighted by atomic mass is 10.3. The predicted molar refractivity (Wildman–Crippen MR) is 123 cm³/mol. The van der Waals surface area contributed by atoms with Crippen molar-refractivity contribution in [2.24, 2.45) is 0 Å². The molecule has 9 heteroatoms. The standard InChI is InChI=1S/C21H25ClN5O2P/c1-4-30(5-2)14-8-9-16(17(10-14)28-3)25-19-15(22)11-23-20(26-19)27-21-24-12-18(29-21)13-6-7-13/h8-13H,4-7H2,1-3H3,(H2,23,24,25,26,27). The molecule has 1 aliphatic rings. The van der Waals surface area contributed by atoms with E-state index in [1.165, 1.54) is 11.5 Å². The number of aromatic nitrogens is 3. The summed E-state index contributed by atoms with van der Waals surface area (Å²) in [6.45, 7) is 4.45. The van der Waals surface area contributed by atoms with Gasteiger partial charge in [-0.05, 0) is 42.6 Å². The molecule has 0 radical (unpaired) electrons. The second-order valence-corrected chi connectivity index (χ2v) is 10.3. The van der Waals surface area contributed by atoms with Crippen molar-refractivity contribution in [2.45, 2.75) is 32.6 Å². The Kier molecular flexibility index (Phi) is 6.40. The number of nitrogens with zero attached hydrogens (tertiary/aromatic N) is 3. The van der Waals surface area contributed by atoms with Crippen LogP contribution in [0, 0.1) is 0 Å². The summed E-state index contributed by atoms with van der Waals surface area (Å²) in [7, 11) is 1.50. The monoisotopic (exact) mass is 445 g/mol. The predicted octanol–water partition coefficient (Wildman–Crippen LogP) is 5.64. The number of anilines is 4. The molecule has 0 unspecified atom stereocenters. The minimum Gasteiger partial charge on any atom is -0.495 e. The zero-order valence-electron chi connectivity index (χ0n) is 17.3. The summed E-state index contributed by atoms with van der Waals surface area (Å²) in [6, 6.07) is 6.63. The first-order valence-corrected chi connectivity index (χ1v) is 12.2. The number of nitrogens with one attached hydrogen (secondary N) is 2. The smallest absolute Gasteiger partial charge is 0.301 e. The van der Waals surface area contributed by atoms with Gasteiger partial charge in [0, 0.05) is 5.92 Å². The Morgan fingerprint density at radius 2 is 1.97 bits per heavy atom. The van der Waals surface area contributed by atoms with Crippen LogP contribution in [0.5, 0.6) is 5.75 Å². The molecule has 7 nitrogen and oxygen atoms in total. The van der Waals surface area contributed by atoms with Crippen LogP contribution in [-0.2, 0) is 0 Å². The molecule has 0 bridgehead atoms. The molecular weight excluding hydrogens is 421 g/mol. The van der Waals surface area contributed by atoms with Gasteiger partial charge in [0.15, 0.2) is 5.82 Å². The SMILES string of the molecule is CCP(CC)c1ccc(Nc2nc(Nc3ncc(C4CC4)o3)ncc2Cl)c(OC)c1. The molecule has 1 fully saturated rings. The highest BCUT2D eigenvalue weighted by atomic mass is 35.5. The molecule has 158 valence electrons. The lowest BCUT2D eigenvalue weighted by molar-refractivity contribution is 0.417. The van der Waals surface area contributed by atoms with Crippen LogP contribution in [0.1, 0.15) is 38.4 Å². The van der Waals surface area contributed by atoms with Crippen molar-refractivity contribution in [1.82, 2.24) is 15.0 Å². The molecule has 0 aliphatic heterocycles. The minimum atomic E-state index is -0.170. The molecular formula is C21H25ClN5O2P. The number of benzene rings is 1. The molecule has 30 heavy (non-hydrogen) atoms. The number of ether oxygens (including phenoxy) is 1. The Labute approximate surface area is 182 Å². The summed E-state index contributed by atoms with van der Waals surface area (Å²) in [4.78, 5) is 13.0. The van der Waals surface area contributed by atoms with Crippen molar-refractivity contribution in [3.63, 3.8) is 0 Å². The summed E-state index contributed by atoms with van der Waals surface area (Å²) >= 11 is 6.33. The molecule has 4 rings (SSSR count). The summed E-state index contributed by atoms with van der Waals surface area (Å²) < 4.78 is 11.3. The van der Waals surface area contributed by atoms with Gasteiger partial charge in [0.2, 0.25) is 5.95 Å². The van der Waals surface area contributed by atoms with Gasteiger partial charge >= 0.3 is 6.01 Å². The first kappa shape index (κ1) is 20.9. The molecule has 2 heterocycles. The molecule has 1 aliphatic carbocycles. The highest BCUT2D eigenvalue weighted by Gasteiger charge is 2.27. The molecule has 1 saturated carbocycles. The second kappa shape index (κ2) is 9.19. The third kappa shape index (κ3) is 4.68. The lowest BCUT2D eigenvalue weighted by Gasteiger charge is -2.17. The number of methoxy groups -OCH3 is 1. The fourth-order valence-electron chi connectivity index (χ4n) is 3.21. The van der Waals surface area contributed by atoms with Gasteiger partial charge in [0.05, 0.1) is 25.2 Å². The van der Waals surface area contributed by atoms with Crippen LogP contribution in [-0.4, -0.2) is 34.4 Å². The fraction of sp³-hybridized carbons (Fsp3) is 0.381. The van der Waals surface area contributed by atoms with Crippen LogP contribution in [0.2, 0.25) is 5.02 Å². The van der Waals surface area contributed by atoms with E-state index in [-0.39, 0.29) is 7.92 Å². The van der Waals surface area contributed by atoms with Gasteiger partial charge in [-0.3, -0.25) is 5.32 Å². The zero-order valence-corrected chi connectivity index (χ0v) is 18.9. The molecule has 0 atom stereocenters. The van der Waals surface area contributed by atoms with E-state index in [1.54, 1.807) is 13.3 Å². The van der Waals surface area contributed by atoms with Gasteiger partial charge in [-0.2, -0.15) is 4.98 Å². The van der Waals surface area contributed by atoms with Crippen LogP contribution < -0.4 is 20.7 Å². The van der Waals surface area contributed by atoms with E-state index in [0.717, 1.165) is 42.4 Å². The first-order valence-electron chi connectivity index (χ1n) is 10.1. The van der Waals surface area contributed by atoms with Gasteiger partial charge in [0.25, 0.3) is 0 Å². The number of hydrogen-bond acceptors (Lipinski definition) is 7. The molecule has 0 saturated heterocycles. The fourth-order valence-corrected chi connectivity index (χ4v) is 5.11. The summed E-state index contributed by atoms with van der Waals surface area (Å²) in [6.07, 6.45) is 7.90. The van der Waals surface area contributed by atoms with E-state index in [9.17, 15) is 0 Å². The molecule has 3 aromatic rings. The normalized spacial score (nSPS) is 13.5. The Morgan fingerprint density at radius 1 is 1.17 bits per heavy atom. The lowest BCUT2D eigenvalue weighted by Crippen LogP contribution is -2.07. The van der Waals surface area contributed by atoms with Gasteiger partial charge in [-0.25, -0.2) is 9.97 Å². The van der Waals surface area contributed by atoms with Crippen molar-refractivity contribution < 1.29 is 9.15 Å². The van der Waals surface area contributed by atoms with E-state index in [0.29, 0.717) is 28.7 Å².